The Kier molecular flexibility index (Phi) is 10.7. The first-order valence-corrected chi connectivity index (χ1v) is 13.4. The van der Waals surface area contributed by atoms with Gasteiger partial charge in [-0.3, -0.25) is 9.79 Å². The summed E-state index contributed by atoms with van der Waals surface area (Å²) in [6.45, 7) is 11.3. The van der Waals surface area contributed by atoms with Crippen molar-refractivity contribution < 1.29 is 9.18 Å². The van der Waals surface area contributed by atoms with Crippen LogP contribution in [0.25, 0.3) is 0 Å². The lowest BCUT2D eigenvalue weighted by molar-refractivity contribution is -0.131. The fraction of sp³-hybridized carbons (Fsp3) is 0.552. The highest BCUT2D eigenvalue weighted by atomic mass is 19.1. The Morgan fingerprint density at radius 3 is 2.30 bits per heavy atom. The molecular weight excluding hydrogens is 467 g/mol. The second kappa shape index (κ2) is 14.0. The maximum absolute atomic E-state index is 13.4. The molecule has 200 valence electrons. The molecule has 1 aliphatic carbocycles. The van der Waals surface area contributed by atoms with Gasteiger partial charge in [0.2, 0.25) is 11.9 Å². The minimum Gasteiger partial charge on any atom is -0.339 e. The molecule has 1 aromatic heterocycles. The van der Waals surface area contributed by atoms with Crippen molar-refractivity contribution in [3.05, 3.63) is 53.6 Å². The summed E-state index contributed by atoms with van der Waals surface area (Å²) in [5.74, 6) is 2.91. The van der Waals surface area contributed by atoms with Crippen molar-refractivity contribution in [3.63, 3.8) is 0 Å². The summed E-state index contributed by atoms with van der Waals surface area (Å²) in [4.78, 5) is 32.9. The summed E-state index contributed by atoms with van der Waals surface area (Å²) >= 11 is 0. The lowest BCUT2D eigenvalue weighted by atomic mass is 9.81. The van der Waals surface area contributed by atoms with Crippen molar-refractivity contribution in [2.45, 2.75) is 59.8 Å². The molecule has 4 rings (SSSR count). The fourth-order valence-corrected chi connectivity index (χ4v) is 4.80. The first kappa shape index (κ1) is 28.4. The monoisotopic (exact) mass is 508 g/mol. The van der Waals surface area contributed by atoms with Crippen molar-refractivity contribution in [2.75, 3.05) is 38.1 Å². The van der Waals surface area contributed by atoms with Gasteiger partial charge in [-0.15, -0.1) is 0 Å². The van der Waals surface area contributed by atoms with Gasteiger partial charge in [0.25, 0.3) is 0 Å². The number of amidine groups is 1. The minimum absolute atomic E-state index is 0.184. The lowest BCUT2D eigenvalue weighted by Gasteiger charge is -2.34. The molecule has 37 heavy (non-hydrogen) atoms. The number of nitrogens with zero attached hydrogens (tertiary/aromatic N) is 6. The topological polar surface area (TPSA) is 74.1 Å². The number of hydrogen-bond donors (Lipinski definition) is 0. The van der Waals surface area contributed by atoms with Crippen LogP contribution in [0.5, 0.6) is 0 Å². The van der Waals surface area contributed by atoms with Gasteiger partial charge in [0, 0.05) is 63.3 Å². The summed E-state index contributed by atoms with van der Waals surface area (Å²) in [7, 11) is 1.74. The summed E-state index contributed by atoms with van der Waals surface area (Å²) in [5, 5.41) is 0. The Bertz CT molecular complexity index is 1070. The van der Waals surface area contributed by atoms with Crippen LogP contribution in [-0.4, -0.2) is 65.5 Å². The Balaban J connectivity index is 0.000000213. The van der Waals surface area contributed by atoms with Crippen LogP contribution in [0, 0.1) is 24.6 Å². The molecule has 1 amide bonds. The number of anilines is 1. The van der Waals surface area contributed by atoms with Crippen LogP contribution in [0.3, 0.4) is 0 Å². The normalized spacial score (nSPS) is 20.8. The maximum atomic E-state index is 13.4. The molecule has 2 aliphatic rings. The lowest BCUT2D eigenvalue weighted by Crippen LogP contribution is -2.49. The van der Waals surface area contributed by atoms with Crippen LogP contribution in [0.2, 0.25) is 0 Å². The van der Waals surface area contributed by atoms with E-state index in [1.54, 1.807) is 38.5 Å². The van der Waals surface area contributed by atoms with Crippen LogP contribution < -0.4 is 4.90 Å². The highest BCUT2D eigenvalue weighted by Crippen LogP contribution is 2.29. The van der Waals surface area contributed by atoms with Gasteiger partial charge >= 0.3 is 0 Å². The van der Waals surface area contributed by atoms with Crippen molar-refractivity contribution in [1.29, 1.82) is 0 Å². The smallest absolute Gasteiger partial charge is 0.225 e. The maximum Gasteiger partial charge on any atom is 0.225 e. The predicted molar refractivity (Wildman–Crippen MR) is 149 cm³/mol. The number of carbonyl (C=O) groups is 1. The summed E-state index contributed by atoms with van der Waals surface area (Å²) in [6.07, 6.45) is 9.07. The molecule has 8 heteroatoms. The number of aromatic nitrogens is 2. The zero-order valence-electron chi connectivity index (χ0n) is 23.0. The van der Waals surface area contributed by atoms with Gasteiger partial charge in [-0.1, -0.05) is 26.7 Å². The van der Waals surface area contributed by atoms with E-state index in [9.17, 15) is 9.18 Å². The SMILES string of the molecule is CCC(=O)N1CCN(c2ncccn2)CC1.CN=C(N=C(C)C1CCC(C)CC1)c1ccc(F)c(C)c1. The molecule has 0 bridgehead atoms. The number of amides is 1. The summed E-state index contributed by atoms with van der Waals surface area (Å²) in [6, 6.07) is 6.87. The molecular formula is C29H41FN6O. The van der Waals surface area contributed by atoms with E-state index in [4.69, 9.17) is 4.99 Å². The molecule has 0 N–H and O–H groups in total. The fourth-order valence-electron chi connectivity index (χ4n) is 4.80. The first-order chi connectivity index (χ1) is 17.8. The quantitative estimate of drug-likeness (QED) is 0.413. The van der Waals surface area contributed by atoms with Crippen molar-refractivity contribution in [2.24, 2.45) is 21.8 Å². The van der Waals surface area contributed by atoms with Crippen molar-refractivity contribution in [3.8, 4) is 0 Å². The zero-order chi connectivity index (χ0) is 26.8. The highest BCUT2D eigenvalue weighted by Gasteiger charge is 2.22. The third-order valence-corrected chi connectivity index (χ3v) is 7.29. The number of aryl methyl sites for hydroxylation is 1. The van der Waals surface area contributed by atoms with Gasteiger partial charge in [0.15, 0.2) is 5.84 Å². The van der Waals surface area contributed by atoms with E-state index in [1.807, 2.05) is 17.9 Å². The van der Waals surface area contributed by atoms with Crippen molar-refractivity contribution in [1.82, 2.24) is 14.9 Å². The average Bonchev–Trinajstić information content (AvgIpc) is 2.94. The second-order valence-corrected chi connectivity index (χ2v) is 9.99. The van der Waals surface area contributed by atoms with E-state index >= 15 is 0 Å². The minimum atomic E-state index is -0.184. The van der Waals surface area contributed by atoms with Crippen LogP contribution in [0.1, 0.15) is 64.0 Å². The molecule has 1 saturated heterocycles. The second-order valence-electron chi connectivity index (χ2n) is 9.99. The summed E-state index contributed by atoms with van der Waals surface area (Å²) < 4.78 is 13.4. The number of carbonyl (C=O) groups excluding carboxylic acids is 1. The Labute approximate surface area is 220 Å². The molecule has 2 heterocycles. The van der Waals surface area contributed by atoms with E-state index in [0.29, 0.717) is 23.7 Å². The Morgan fingerprint density at radius 2 is 1.73 bits per heavy atom. The van der Waals surface area contributed by atoms with Gasteiger partial charge in [0.1, 0.15) is 5.82 Å². The van der Waals surface area contributed by atoms with E-state index < -0.39 is 0 Å². The predicted octanol–water partition coefficient (Wildman–Crippen LogP) is 5.33. The number of piperazine rings is 1. The third kappa shape index (κ3) is 8.17. The Hall–Kier alpha value is -3.16. The molecule has 0 unspecified atom stereocenters. The largest absolute Gasteiger partial charge is 0.339 e. The number of hydrogen-bond acceptors (Lipinski definition) is 5. The molecule has 2 fully saturated rings. The van der Waals surface area contributed by atoms with Crippen molar-refractivity contribution >= 4 is 23.4 Å². The van der Waals surface area contributed by atoms with Crippen LogP contribution in [-0.2, 0) is 4.79 Å². The van der Waals surface area contributed by atoms with E-state index in [1.165, 1.54) is 31.7 Å². The number of aliphatic imine (C=N–C) groups is 2. The summed E-state index contributed by atoms with van der Waals surface area (Å²) in [5.41, 5.74) is 2.68. The molecule has 0 spiro atoms. The number of rotatable bonds is 4. The standard InChI is InChI=1S/C18H25FN2.C11H16N4O/c1-12-5-7-15(8-6-12)14(3)21-18(20-4)16-9-10-17(19)13(2)11-16;1-2-10(16)14-6-8-15(9-7-14)11-12-4-3-5-13-11/h9-12,15H,5-8H2,1-4H3;3-5H,2,6-9H2,1H3. The van der Waals surface area contributed by atoms with Gasteiger partial charge < -0.3 is 9.80 Å². The van der Waals surface area contributed by atoms with Gasteiger partial charge in [0.05, 0.1) is 0 Å². The molecule has 2 aromatic rings. The van der Waals surface area contributed by atoms with E-state index in [-0.39, 0.29) is 11.7 Å². The molecule has 7 nitrogen and oxygen atoms in total. The molecule has 0 atom stereocenters. The van der Waals surface area contributed by atoms with E-state index in [2.05, 4.69) is 33.7 Å². The number of halogens is 1. The van der Waals surface area contributed by atoms with Gasteiger partial charge in [-0.05, 0) is 68.4 Å². The van der Waals surface area contributed by atoms with Crippen LogP contribution >= 0.6 is 0 Å². The highest BCUT2D eigenvalue weighted by molar-refractivity contribution is 6.07. The van der Waals surface area contributed by atoms with Crippen LogP contribution in [0.15, 0.2) is 46.6 Å². The number of benzene rings is 1. The first-order valence-electron chi connectivity index (χ1n) is 13.4. The van der Waals surface area contributed by atoms with E-state index in [0.717, 1.165) is 49.3 Å². The molecule has 1 saturated carbocycles. The molecule has 1 aromatic carbocycles. The third-order valence-electron chi connectivity index (χ3n) is 7.29. The van der Waals surface area contributed by atoms with Gasteiger partial charge in [-0.2, -0.15) is 0 Å². The van der Waals surface area contributed by atoms with Crippen LogP contribution in [0.4, 0.5) is 10.3 Å². The van der Waals surface area contributed by atoms with Gasteiger partial charge in [-0.25, -0.2) is 19.4 Å². The molecule has 1 aliphatic heterocycles. The zero-order valence-corrected chi connectivity index (χ0v) is 23.0. The Morgan fingerprint density at radius 1 is 1.08 bits per heavy atom. The molecule has 0 radical (unpaired) electrons. The average molecular weight is 509 g/mol.